The van der Waals surface area contributed by atoms with Crippen molar-refractivity contribution in [2.24, 2.45) is 0 Å². The second-order valence-electron chi connectivity index (χ2n) is 3.27. The number of hydrogen-bond acceptors (Lipinski definition) is 3. The molecule has 0 spiro atoms. The van der Waals surface area contributed by atoms with Crippen LogP contribution in [0.3, 0.4) is 0 Å². The van der Waals surface area contributed by atoms with Gasteiger partial charge >= 0.3 is 0 Å². The van der Waals surface area contributed by atoms with Crippen LogP contribution in [0.25, 0.3) is 0 Å². The molecule has 1 aromatic heterocycles. The molecule has 0 atom stereocenters. The van der Waals surface area contributed by atoms with E-state index in [0.29, 0.717) is 4.47 Å². The van der Waals surface area contributed by atoms with E-state index in [2.05, 4.69) is 30.8 Å². The molecule has 0 aliphatic rings. The number of nitrogens with one attached hydrogen (secondary N) is 2. The maximum absolute atomic E-state index is 12.1. The lowest BCUT2D eigenvalue weighted by molar-refractivity contribution is 0.601. The van der Waals surface area contributed by atoms with Gasteiger partial charge in [-0.05, 0) is 34.1 Å². The molecule has 2 rings (SSSR count). The minimum absolute atomic E-state index is 0.0857. The summed E-state index contributed by atoms with van der Waals surface area (Å²) in [6.45, 7) is 0. The number of H-pyrrole nitrogens is 1. The molecule has 9 heteroatoms. The zero-order chi connectivity index (χ0) is 13.3. The molecule has 1 heterocycles. The Bertz CT molecular complexity index is 687. The van der Waals surface area contributed by atoms with Gasteiger partial charge in [0.25, 0.3) is 10.0 Å². The molecule has 2 N–H and O–H groups in total. The Labute approximate surface area is 122 Å². The monoisotopic (exact) mass is 369 g/mol. The lowest BCUT2D eigenvalue weighted by Gasteiger charge is -2.08. The van der Waals surface area contributed by atoms with Crippen LogP contribution in [0.1, 0.15) is 0 Å². The number of nitrogens with zero attached hydrogens (tertiary/aromatic N) is 1. The van der Waals surface area contributed by atoms with E-state index in [1.54, 1.807) is 0 Å². The first-order valence-electron chi connectivity index (χ1n) is 4.57. The molecule has 1 aromatic carbocycles. The number of aromatic nitrogens is 2. The van der Waals surface area contributed by atoms with E-state index >= 15 is 0 Å². The molecule has 0 saturated carbocycles. The first-order valence-corrected chi connectivity index (χ1v) is 7.60. The van der Waals surface area contributed by atoms with Gasteiger partial charge in [-0.2, -0.15) is 5.10 Å². The fraction of sp³-hybridized carbons (Fsp3) is 0. The van der Waals surface area contributed by atoms with E-state index in [1.165, 1.54) is 24.4 Å². The molecule has 0 bridgehead atoms. The molecule has 18 heavy (non-hydrogen) atoms. The standard InChI is InChI=1S/C9H6BrCl2N3O2S/c10-6-4-13-14-9(6)15-18(16,17)8-3-5(11)1-2-7(8)12/h1-4H,(H2,13,14,15). The van der Waals surface area contributed by atoms with E-state index in [-0.39, 0.29) is 20.8 Å². The fourth-order valence-electron chi connectivity index (χ4n) is 1.22. The van der Waals surface area contributed by atoms with Gasteiger partial charge in [0.2, 0.25) is 0 Å². The quantitative estimate of drug-likeness (QED) is 0.870. The van der Waals surface area contributed by atoms with Crippen molar-refractivity contribution in [2.45, 2.75) is 4.90 Å². The lowest BCUT2D eigenvalue weighted by atomic mass is 10.4. The predicted molar refractivity (Wildman–Crippen MR) is 73.6 cm³/mol. The minimum atomic E-state index is -3.83. The molecule has 0 saturated heterocycles. The molecule has 0 aliphatic heterocycles. The van der Waals surface area contributed by atoms with Crippen molar-refractivity contribution in [3.8, 4) is 0 Å². The van der Waals surface area contributed by atoms with Crippen molar-refractivity contribution in [3.05, 3.63) is 38.9 Å². The Kier molecular flexibility index (Phi) is 3.86. The number of aromatic amines is 1. The largest absolute Gasteiger partial charge is 0.264 e. The van der Waals surface area contributed by atoms with Crippen LogP contribution in [0, 0.1) is 0 Å². The molecular formula is C9H6BrCl2N3O2S. The SMILES string of the molecule is O=S(=O)(Nc1[nH]ncc1Br)c1cc(Cl)ccc1Cl. The highest BCUT2D eigenvalue weighted by atomic mass is 79.9. The third-order valence-corrected chi connectivity index (χ3v) is 4.68. The zero-order valence-electron chi connectivity index (χ0n) is 8.62. The summed E-state index contributed by atoms with van der Waals surface area (Å²) in [4.78, 5) is -0.0989. The van der Waals surface area contributed by atoms with Gasteiger partial charge in [0.05, 0.1) is 15.7 Å². The third kappa shape index (κ3) is 2.80. The maximum atomic E-state index is 12.1. The molecular weight excluding hydrogens is 365 g/mol. The molecule has 2 aromatic rings. The molecule has 5 nitrogen and oxygen atoms in total. The number of benzene rings is 1. The summed E-state index contributed by atoms with van der Waals surface area (Å²) in [5, 5.41) is 6.55. The Balaban J connectivity index is 2.43. The molecule has 0 aliphatic carbocycles. The molecule has 0 radical (unpaired) electrons. The van der Waals surface area contributed by atoms with Crippen LogP contribution in [0.2, 0.25) is 10.0 Å². The van der Waals surface area contributed by atoms with Crippen LogP contribution >= 0.6 is 39.1 Å². The van der Waals surface area contributed by atoms with Gasteiger partial charge < -0.3 is 0 Å². The highest BCUT2D eigenvalue weighted by Crippen LogP contribution is 2.28. The fourth-order valence-corrected chi connectivity index (χ4v) is 3.44. The number of halogens is 3. The van der Waals surface area contributed by atoms with Crippen molar-refractivity contribution in [1.82, 2.24) is 10.2 Å². The summed E-state index contributed by atoms with van der Waals surface area (Å²) in [6, 6.07) is 4.20. The van der Waals surface area contributed by atoms with Crippen LogP contribution in [-0.2, 0) is 10.0 Å². The van der Waals surface area contributed by atoms with Crippen LogP contribution in [0.5, 0.6) is 0 Å². The van der Waals surface area contributed by atoms with Gasteiger partial charge in [-0.1, -0.05) is 23.2 Å². The highest BCUT2D eigenvalue weighted by molar-refractivity contribution is 9.10. The van der Waals surface area contributed by atoms with Gasteiger partial charge in [0, 0.05) is 5.02 Å². The maximum Gasteiger partial charge on any atom is 0.264 e. The van der Waals surface area contributed by atoms with E-state index < -0.39 is 10.0 Å². The normalized spacial score (nSPS) is 11.5. The van der Waals surface area contributed by atoms with Crippen LogP contribution < -0.4 is 4.72 Å². The van der Waals surface area contributed by atoms with E-state index in [9.17, 15) is 8.42 Å². The number of rotatable bonds is 3. The first-order chi connectivity index (χ1) is 8.40. The molecule has 96 valence electrons. The second kappa shape index (κ2) is 5.08. The van der Waals surface area contributed by atoms with E-state index in [0.717, 1.165) is 0 Å². The smallest absolute Gasteiger partial charge is 0.263 e. The summed E-state index contributed by atoms with van der Waals surface area (Å²) < 4.78 is 27.0. The van der Waals surface area contributed by atoms with Crippen molar-refractivity contribution in [3.63, 3.8) is 0 Å². The summed E-state index contributed by atoms with van der Waals surface area (Å²) in [6.07, 6.45) is 1.43. The topological polar surface area (TPSA) is 74.8 Å². The van der Waals surface area contributed by atoms with Crippen molar-refractivity contribution < 1.29 is 8.42 Å². The average Bonchev–Trinajstić information content (AvgIpc) is 2.67. The average molecular weight is 371 g/mol. The van der Waals surface area contributed by atoms with Crippen LogP contribution in [-0.4, -0.2) is 18.6 Å². The first kappa shape index (κ1) is 13.7. The predicted octanol–water partition coefficient (Wildman–Crippen LogP) is 3.28. The second-order valence-corrected chi connectivity index (χ2v) is 6.62. The van der Waals surface area contributed by atoms with Gasteiger partial charge in [0.15, 0.2) is 0 Å². The summed E-state index contributed by atoms with van der Waals surface area (Å²) in [5.74, 6) is 0.214. The van der Waals surface area contributed by atoms with E-state index in [1.807, 2.05) is 0 Å². The van der Waals surface area contributed by atoms with Crippen molar-refractivity contribution in [1.29, 1.82) is 0 Å². The molecule has 0 fully saturated rings. The van der Waals surface area contributed by atoms with Gasteiger partial charge in [-0.3, -0.25) is 9.82 Å². The van der Waals surface area contributed by atoms with Gasteiger partial charge in [-0.25, -0.2) is 8.42 Å². The summed E-state index contributed by atoms with van der Waals surface area (Å²) >= 11 is 14.7. The van der Waals surface area contributed by atoms with Gasteiger partial charge in [-0.15, -0.1) is 0 Å². The van der Waals surface area contributed by atoms with Gasteiger partial charge in [0.1, 0.15) is 10.7 Å². The van der Waals surface area contributed by atoms with Crippen LogP contribution in [0.4, 0.5) is 5.82 Å². The number of hydrogen-bond donors (Lipinski definition) is 2. The van der Waals surface area contributed by atoms with Crippen LogP contribution in [0.15, 0.2) is 33.8 Å². The Morgan fingerprint density at radius 2 is 2.06 bits per heavy atom. The Morgan fingerprint density at radius 3 is 2.67 bits per heavy atom. The zero-order valence-corrected chi connectivity index (χ0v) is 12.5. The van der Waals surface area contributed by atoms with Crippen molar-refractivity contribution in [2.75, 3.05) is 4.72 Å². The minimum Gasteiger partial charge on any atom is -0.263 e. The summed E-state index contributed by atoms with van der Waals surface area (Å²) in [5.41, 5.74) is 0. The third-order valence-electron chi connectivity index (χ3n) is 2.01. The van der Waals surface area contributed by atoms with E-state index in [4.69, 9.17) is 23.2 Å². The number of anilines is 1. The Hall–Kier alpha value is -0.760. The Morgan fingerprint density at radius 1 is 1.33 bits per heavy atom. The molecule has 0 unspecified atom stereocenters. The van der Waals surface area contributed by atoms with Crippen molar-refractivity contribution >= 4 is 55.0 Å². The molecule has 0 amide bonds. The lowest BCUT2D eigenvalue weighted by Crippen LogP contribution is -2.14. The number of sulfonamides is 1. The summed E-state index contributed by atoms with van der Waals surface area (Å²) in [7, 11) is -3.83. The highest BCUT2D eigenvalue weighted by Gasteiger charge is 2.20.